The lowest BCUT2D eigenvalue weighted by atomic mass is 10.0. The highest BCUT2D eigenvalue weighted by atomic mass is 32.2. The zero-order valence-corrected chi connectivity index (χ0v) is 14.5. The molecule has 5 heteroatoms. The van der Waals surface area contributed by atoms with Crippen molar-refractivity contribution in [2.75, 3.05) is 11.4 Å². The number of hydrogen-bond acceptors (Lipinski definition) is 5. The Bertz CT molecular complexity index is 916. The molecule has 0 unspecified atom stereocenters. The summed E-state index contributed by atoms with van der Waals surface area (Å²) in [5.74, 6) is -0.417. The van der Waals surface area contributed by atoms with Gasteiger partial charge in [0, 0.05) is 17.0 Å². The van der Waals surface area contributed by atoms with Crippen molar-refractivity contribution in [1.82, 2.24) is 0 Å². The number of hydrogen-bond donors (Lipinski definition) is 0. The molecular weight excluding hydrogens is 332 g/mol. The fourth-order valence-corrected chi connectivity index (χ4v) is 4.02. The number of nitrogens with zero attached hydrogens (tertiary/aromatic N) is 2. The fourth-order valence-electron chi connectivity index (χ4n) is 2.89. The molecule has 0 atom stereocenters. The maximum atomic E-state index is 12.1. The van der Waals surface area contributed by atoms with Crippen molar-refractivity contribution < 1.29 is 9.63 Å². The van der Waals surface area contributed by atoms with E-state index in [2.05, 4.69) is 29.1 Å². The number of oxime groups is 1. The van der Waals surface area contributed by atoms with Gasteiger partial charge < -0.3 is 9.74 Å². The van der Waals surface area contributed by atoms with Gasteiger partial charge in [-0.25, -0.2) is 4.79 Å². The predicted octanol–water partition coefficient (Wildman–Crippen LogP) is 4.35. The van der Waals surface area contributed by atoms with Crippen molar-refractivity contribution in [3.05, 3.63) is 82.9 Å². The standard InChI is InChI=1S/C20H16N2O2S/c1-2-22-16-10-6-7-11-17(16)25-18(22)13-12-15-19(21-24-20(15)23)14-8-4-3-5-9-14/h3-13H,2H2,1H3. The van der Waals surface area contributed by atoms with Gasteiger partial charge in [0.25, 0.3) is 0 Å². The van der Waals surface area contributed by atoms with Crippen molar-refractivity contribution in [1.29, 1.82) is 0 Å². The van der Waals surface area contributed by atoms with Crippen molar-refractivity contribution in [2.45, 2.75) is 11.8 Å². The average Bonchev–Trinajstić information content (AvgIpc) is 3.20. The summed E-state index contributed by atoms with van der Waals surface area (Å²) in [4.78, 5) is 20.4. The van der Waals surface area contributed by atoms with E-state index < -0.39 is 5.97 Å². The second-order valence-electron chi connectivity index (χ2n) is 5.58. The minimum atomic E-state index is -0.417. The first-order valence-corrected chi connectivity index (χ1v) is 8.91. The highest BCUT2D eigenvalue weighted by Crippen LogP contribution is 2.45. The third-order valence-corrected chi connectivity index (χ3v) is 5.22. The normalized spacial score (nSPS) is 19.3. The molecule has 2 aliphatic rings. The van der Waals surface area contributed by atoms with Crippen LogP contribution in [0.3, 0.4) is 0 Å². The smallest absolute Gasteiger partial charge is 0.335 e. The molecule has 0 bridgehead atoms. The first-order valence-electron chi connectivity index (χ1n) is 8.09. The van der Waals surface area contributed by atoms with Crippen LogP contribution in [0.25, 0.3) is 0 Å². The Labute approximate surface area is 150 Å². The first kappa shape index (κ1) is 15.7. The number of anilines is 1. The maximum Gasteiger partial charge on any atom is 0.368 e. The van der Waals surface area contributed by atoms with Crippen LogP contribution in [-0.4, -0.2) is 18.2 Å². The Morgan fingerprint density at radius 3 is 2.64 bits per heavy atom. The van der Waals surface area contributed by atoms with Crippen molar-refractivity contribution in [3.63, 3.8) is 0 Å². The number of carbonyl (C=O) groups is 1. The van der Waals surface area contributed by atoms with Crippen LogP contribution in [0.15, 0.2) is 87.4 Å². The van der Waals surface area contributed by atoms with Crippen molar-refractivity contribution in [2.24, 2.45) is 5.16 Å². The lowest BCUT2D eigenvalue weighted by Crippen LogP contribution is -2.16. The quantitative estimate of drug-likeness (QED) is 0.611. The second kappa shape index (κ2) is 6.61. The molecule has 0 N–H and O–H groups in total. The number of para-hydroxylation sites is 1. The number of fused-ring (bicyclic) bond motifs is 1. The van der Waals surface area contributed by atoms with Crippen LogP contribution in [0.1, 0.15) is 12.5 Å². The molecule has 0 fully saturated rings. The topological polar surface area (TPSA) is 41.9 Å². The molecule has 2 aromatic carbocycles. The van der Waals surface area contributed by atoms with E-state index in [1.165, 1.54) is 10.6 Å². The van der Waals surface area contributed by atoms with Gasteiger partial charge in [-0.05, 0) is 31.2 Å². The Balaban J connectivity index is 1.68. The Kier molecular flexibility index (Phi) is 4.15. The van der Waals surface area contributed by atoms with Gasteiger partial charge in [0.2, 0.25) is 0 Å². The van der Waals surface area contributed by atoms with E-state index in [1.54, 1.807) is 17.8 Å². The number of rotatable bonds is 3. The number of allylic oxidation sites excluding steroid dienone is 2. The average molecular weight is 348 g/mol. The van der Waals surface area contributed by atoms with Gasteiger partial charge in [0.1, 0.15) is 5.71 Å². The van der Waals surface area contributed by atoms with Crippen LogP contribution < -0.4 is 4.90 Å². The van der Waals surface area contributed by atoms with E-state index in [1.807, 2.05) is 48.5 Å². The zero-order valence-electron chi connectivity index (χ0n) is 13.7. The number of carbonyl (C=O) groups excluding carboxylic acids is 1. The maximum absolute atomic E-state index is 12.1. The summed E-state index contributed by atoms with van der Waals surface area (Å²) in [5.41, 5.74) is 3.12. The molecule has 0 saturated carbocycles. The summed E-state index contributed by atoms with van der Waals surface area (Å²) >= 11 is 1.70. The summed E-state index contributed by atoms with van der Waals surface area (Å²) < 4.78 is 0. The molecule has 0 aromatic heterocycles. The van der Waals surface area contributed by atoms with Gasteiger partial charge in [-0.2, -0.15) is 0 Å². The highest BCUT2D eigenvalue weighted by Gasteiger charge is 2.27. The second-order valence-corrected chi connectivity index (χ2v) is 6.65. The number of benzene rings is 2. The molecule has 124 valence electrons. The zero-order chi connectivity index (χ0) is 17.2. The van der Waals surface area contributed by atoms with E-state index in [4.69, 9.17) is 4.84 Å². The minimum Gasteiger partial charge on any atom is -0.335 e. The molecule has 0 radical (unpaired) electrons. The molecule has 2 aliphatic heterocycles. The Morgan fingerprint density at radius 2 is 1.84 bits per heavy atom. The third-order valence-electron chi connectivity index (χ3n) is 4.09. The highest BCUT2D eigenvalue weighted by molar-refractivity contribution is 8.03. The number of thioether (sulfide) groups is 1. The van der Waals surface area contributed by atoms with Gasteiger partial charge in [-0.1, -0.05) is 59.4 Å². The summed E-state index contributed by atoms with van der Waals surface area (Å²) in [6.07, 6.45) is 3.77. The largest absolute Gasteiger partial charge is 0.368 e. The van der Waals surface area contributed by atoms with Gasteiger partial charge >= 0.3 is 5.97 Å². The molecule has 4 nitrogen and oxygen atoms in total. The van der Waals surface area contributed by atoms with Gasteiger partial charge in [0.05, 0.1) is 16.3 Å². The van der Waals surface area contributed by atoms with Crippen LogP contribution in [0.2, 0.25) is 0 Å². The third kappa shape index (κ3) is 2.87. The van der Waals surface area contributed by atoms with Crippen LogP contribution in [-0.2, 0) is 9.63 Å². The van der Waals surface area contributed by atoms with Gasteiger partial charge in [-0.15, -0.1) is 0 Å². The van der Waals surface area contributed by atoms with Gasteiger partial charge in [-0.3, -0.25) is 0 Å². The van der Waals surface area contributed by atoms with E-state index in [-0.39, 0.29) is 0 Å². The van der Waals surface area contributed by atoms with E-state index in [0.29, 0.717) is 11.3 Å². The summed E-state index contributed by atoms with van der Waals surface area (Å²) in [5, 5.41) is 5.03. The van der Waals surface area contributed by atoms with E-state index >= 15 is 0 Å². The Hall–Kier alpha value is -2.79. The molecule has 25 heavy (non-hydrogen) atoms. The summed E-state index contributed by atoms with van der Waals surface area (Å²) in [6.45, 7) is 2.98. The molecule has 2 aromatic rings. The van der Waals surface area contributed by atoms with Crippen LogP contribution in [0.4, 0.5) is 5.69 Å². The van der Waals surface area contributed by atoms with Gasteiger partial charge in [0.15, 0.2) is 0 Å². The lowest BCUT2D eigenvalue weighted by molar-refractivity contribution is -0.136. The fraction of sp³-hybridized carbons (Fsp3) is 0.100. The Morgan fingerprint density at radius 1 is 1.08 bits per heavy atom. The SMILES string of the molecule is CCN1C(=CC=C2C(=O)ON=C2c2ccccc2)Sc2ccccc21. The monoisotopic (exact) mass is 348 g/mol. The minimum absolute atomic E-state index is 0.417. The summed E-state index contributed by atoms with van der Waals surface area (Å²) in [7, 11) is 0. The van der Waals surface area contributed by atoms with Crippen LogP contribution in [0.5, 0.6) is 0 Å². The molecular formula is C20H16N2O2S. The van der Waals surface area contributed by atoms with Crippen LogP contribution >= 0.6 is 11.8 Å². The van der Waals surface area contributed by atoms with Crippen molar-refractivity contribution in [3.8, 4) is 0 Å². The van der Waals surface area contributed by atoms with Crippen LogP contribution in [0, 0.1) is 0 Å². The molecule has 4 rings (SSSR count). The molecule has 0 saturated heterocycles. The molecule has 0 spiro atoms. The van der Waals surface area contributed by atoms with Crippen molar-refractivity contribution >= 4 is 29.1 Å². The molecule has 0 amide bonds. The van der Waals surface area contributed by atoms with E-state index in [9.17, 15) is 4.79 Å². The molecule has 2 heterocycles. The van der Waals surface area contributed by atoms with E-state index in [0.717, 1.165) is 17.1 Å². The predicted molar refractivity (Wildman–Crippen MR) is 101 cm³/mol. The molecule has 0 aliphatic carbocycles. The summed E-state index contributed by atoms with van der Waals surface area (Å²) in [6, 6.07) is 17.9. The first-order chi connectivity index (χ1) is 12.3. The lowest BCUT2D eigenvalue weighted by Gasteiger charge is -2.17.